The predicted molar refractivity (Wildman–Crippen MR) is 113 cm³/mol. The minimum absolute atomic E-state index is 0.0269. The van der Waals surface area contributed by atoms with E-state index in [0.29, 0.717) is 0 Å². The van der Waals surface area contributed by atoms with Crippen LogP contribution in [0.5, 0.6) is 0 Å². The first-order valence-corrected chi connectivity index (χ1v) is 10.1. The number of carbonyl (C=O) groups is 4. The largest absolute Gasteiger partial charge is 0.380 e. The molecular weight excluding hydrogens is 444 g/mol. The molecule has 0 spiro atoms. The lowest BCUT2D eigenvalue weighted by atomic mass is 9.92. The lowest BCUT2D eigenvalue weighted by Crippen LogP contribution is -2.43. The standard InChI is InChI=1S/C17H36N8O8/c18-22-13(26)1-5-30-9-17(10-31-6-2-14(27)23-19,11-32-7-3-15(28)24-20)12-33-8-4-16(29)25-21/h1-12,18-21H2,(H,22,26)(H,23,27)(H,24,28)(H,25,29). The number of nitrogens with two attached hydrogens (primary N) is 4. The van der Waals surface area contributed by atoms with Crippen molar-refractivity contribution in [3.8, 4) is 0 Å². The molecule has 12 N–H and O–H groups in total. The molecule has 0 aliphatic carbocycles. The fourth-order valence-corrected chi connectivity index (χ4v) is 2.35. The van der Waals surface area contributed by atoms with Gasteiger partial charge < -0.3 is 18.9 Å². The maximum absolute atomic E-state index is 11.3. The van der Waals surface area contributed by atoms with Gasteiger partial charge in [0.2, 0.25) is 23.6 Å². The monoisotopic (exact) mass is 480 g/mol. The SMILES string of the molecule is NNC(=O)CCOCC(COCCC(=O)NN)(COCCC(=O)NN)COCCC(=O)NN. The summed E-state index contributed by atoms with van der Waals surface area (Å²) < 4.78 is 22.5. The van der Waals surface area contributed by atoms with Gasteiger partial charge in [0, 0.05) is 0 Å². The summed E-state index contributed by atoms with van der Waals surface area (Å²) in [6.45, 7) is 0.411. The molecule has 0 aliphatic heterocycles. The van der Waals surface area contributed by atoms with Crippen molar-refractivity contribution in [1.82, 2.24) is 21.7 Å². The zero-order chi connectivity index (χ0) is 25.0. The molecule has 0 fully saturated rings. The molecule has 16 nitrogen and oxygen atoms in total. The lowest BCUT2D eigenvalue weighted by molar-refractivity contribution is -0.129. The van der Waals surface area contributed by atoms with Crippen molar-refractivity contribution in [1.29, 1.82) is 0 Å². The highest BCUT2D eigenvalue weighted by Gasteiger charge is 2.33. The van der Waals surface area contributed by atoms with Crippen molar-refractivity contribution in [2.75, 3.05) is 52.9 Å². The van der Waals surface area contributed by atoms with Crippen LogP contribution in [0.1, 0.15) is 25.7 Å². The van der Waals surface area contributed by atoms with E-state index in [-0.39, 0.29) is 78.5 Å². The summed E-state index contributed by atoms with van der Waals surface area (Å²) in [4.78, 5) is 45.2. The van der Waals surface area contributed by atoms with E-state index >= 15 is 0 Å². The summed E-state index contributed by atoms with van der Waals surface area (Å²) in [6, 6.07) is 0. The number of ether oxygens (including phenoxy) is 4. The first-order chi connectivity index (χ1) is 15.8. The molecule has 0 atom stereocenters. The second-order valence-electron chi connectivity index (χ2n) is 6.98. The van der Waals surface area contributed by atoms with Crippen molar-refractivity contribution in [3.63, 3.8) is 0 Å². The Morgan fingerprint density at radius 1 is 0.485 bits per heavy atom. The Bertz CT molecular complexity index is 494. The molecule has 0 heterocycles. The fraction of sp³-hybridized carbons (Fsp3) is 0.765. The number of amides is 4. The van der Waals surface area contributed by atoms with Gasteiger partial charge >= 0.3 is 0 Å². The van der Waals surface area contributed by atoms with Crippen molar-refractivity contribution < 1.29 is 38.1 Å². The molecule has 33 heavy (non-hydrogen) atoms. The van der Waals surface area contributed by atoms with E-state index in [1.807, 2.05) is 21.7 Å². The highest BCUT2D eigenvalue weighted by atomic mass is 16.5. The summed E-state index contributed by atoms with van der Waals surface area (Å²) in [5.41, 5.74) is 7.11. The Labute approximate surface area is 191 Å². The quantitative estimate of drug-likeness (QED) is 0.0355. The van der Waals surface area contributed by atoms with Crippen molar-refractivity contribution in [3.05, 3.63) is 0 Å². The van der Waals surface area contributed by atoms with Gasteiger partial charge in [-0.05, 0) is 0 Å². The van der Waals surface area contributed by atoms with Crippen LogP contribution in [0.3, 0.4) is 0 Å². The summed E-state index contributed by atoms with van der Waals surface area (Å²) in [5, 5.41) is 0. The average molecular weight is 481 g/mol. The van der Waals surface area contributed by atoms with Crippen LogP contribution < -0.4 is 45.1 Å². The van der Waals surface area contributed by atoms with Gasteiger partial charge in [0.05, 0.1) is 84.0 Å². The van der Waals surface area contributed by atoms with Gasteiger partial charge in [0.15, 0.2) is 0 Å². The zero-order valence-corrected chi connectivity index (χ0v) is 18.6. The molecule has 0 aromatic heterocycles. The molecule has 192 valence electrons. The van der Waals surface area contributed by atoms with Gasteiger partial charge in [0.1, 0.15) is 0 Å². The van der Waals surface area contributed by atoms with Gasteiger partial charge in [-0.1, -0.05) is 0 Å². The molecule has 0 saturated carbocycles. The molecule has 0 radical (unpaired) electrons. The minimum Gasteiger partial charge on any atom is -0.380 e. The van der Waals surface area contributed by atoms with E-state index in [1.54, 1.807) is 0 Å². The fourth-order valence-electron chi connectivity index (χ4n) is 2.35. The van der Waals surface area contributed by atoms with Gasteiger partial charge in [-0.2, -0.15) is 0 Å². The van der Waals surface area contributed by atoms with Gasteiger partial charge in [-0.15, -0.1) is 0 Å². The number of hydrazine groups is 4. The van der Waals surface area contributed by atoms with Crippen LogP contribution in [-0.4, -0.2) is 76.5 Å². The summed E-state index contributed by atoms with van der Waals surface area (Å²) >= 11 is 0. The minimum atomic E-state index is -0.892. The molecule has 0 aromatic rings. The number of hydrogen-bond donors (Lipinski definition) is 8. The van der Waals surface area contributed by atoms with Gasteiger partial charge in [-0.25, -0.2) is 23.4 Å². The second-order valence-corrected chi connectivity index (χ2v) is 6.98. The molecule has 0 bridgehead atoms. The van der Waals surface area contributed by atoms with E-state index in [1.165, 1.54) is 0 Å². The van der Waals surface area contributed by atoms with Crippen molar-refractivity contribution in [2.24, 2.45) is 28.8 Å². The third kappa shape index (κ3) is 15.9. The van der Waals surface area contributed by atoms with Crippen LogP contribution in [-0.2, 0) is 38.1 Å². The Morgan fingerprint density at radius 3 is 0.879 bits per heavy atom. The van der Waals surface area contributed by atoms with E-state index in [2.05, 4.69) is 0 Å². The topological polar surface area (TPSA) is 257 Å². The maximum Gasteiger partial charge on any atom is 0.236 e. The normalized spacial score (nSPS) is 11.0. The van der Waals surface area contributed by atoms with Gasteiger partial charge in [-0.3, -0.25) is 40.9 Å². The van der Waals surface area contributed by atoms with Gasteiger partial charge in [0.25, 0.3) is 0 Å². The van der Waals surface area contributed by atoms with Crippen molar-refractivity contribution >= 4 is 23.6 Å². The van der Waals surface area contributed by atoms with E-state index in [9.17, 15) is 19.2 Å². The van der Waals surface area contributed by atoms with Crippen LogP contribution in [0, 0.1) is 5.41 Å². The molecule has 0 aliphatic rings. The highest BCUT2D eigenvalue weighted by molar-refractivity contribution is 5.76. The smallest absolute Gasteiger partial charge is 0.236 e. The van der Waals surface area contributed by atoms with Crippen LogP contribution >= 0.6 is 0 Å². The predicted octanol–water partition coefficient (Wildman–Crippen LogP) is -4.44. The molecular formula is C17H36N8O8. The summed E-state index contributed by atoms with van der Waals surface area (Å²) in [5.74, 6) is 18.6. The Hall–Kier alpha value is -2.44. The molecule has 0 rings (SSSR count). The Morgan fingerprint density at radius 2 is 0.697 bits per heavy atom. The van der Waals surface area contributed by atoms with Crippen LogP contribution in [0.4, 0.5) is 0 Å². The van der Waals surface area contributed by atoms with Crippen LogP contribution in [0.15, 0.2) is 0 Å². The molecule has 4 amide bonds. The third-order valence-corrected chi connectivity index (χ3v) is 4.17. The van der Waals surface area contributed by atoms with Crippen LogP contribution in [0.2, 0.25) is 0 Å². The highest BCUT2D eigenvalue weighted by Crippen LogP contribution is 2.21. The first kappa shape index (κ1) is 30.6. The molecule has 16 heteroatoms. The van der Waals surface area contributed by atoms with E-state index in [4.69, 9.17) is 42.3 Å². The van der Waals surface area contributed by atoms with Crippen molar-refractivity contribution in [2.45, 2.75) is 25.7 Å². The zero-order valence-electron chi connectivity index (χ0n) is 18.6. The average Bonchev–Trinajstić information content (AvgIpc) is 2.83. The number of hydrogen-bond acceptors (Lipinski definition) is 12. The lowest BCUT2D eigenvalue weighted by Gasteiger charge is -2.33. The maximum atomic E-state index is 11.3. The molecule has 0 unspecified atom stereocenters. The second kappa shape index (κ2) is 19.1. The van der Waals surface area contributed by atoms with E-state index in [0.717, 1.165) is 0 Å². The summed E-state index contributed by atoms with van der Waals surface area (Å²) in [7, 11) is 0. The Balaban J connectivity index is 5.09. The van der Waals surface area contributed by atoms with E-state index < -0.39 is 29.0 Å². The first-order valence-electron chi connectivity index (χ1n) is 10.1. The molecule has 0 aromatic carbocycles. The molecule has 0 saturated heterocycles. The number of nitrogens with one attached hydrogen (secondary N) is 4. The number of carbonyl (C=O) groups excluding carboxylic acids is 4. The number of rotatable bonds is 20. The third-order valence-electron chi connectivity index (χ3n) is 4.17. The summed E-state index contributed by atoms with van der Waals surface area (Å²) in [6.07, 6.45) is 0.108. The Kier molecular flexibility index (Phi) is 17.7. The van der Waals surface area contributed by atoms with Crippen LogP contribution in [0.25, 0.3) is 0 Å².